The third-order valence-corrected chi connectivity index (χ3v) is 4.81. The maximum atomic E-state index is 12.5. The predicted octanol–water partition coefficient (Wildman–Crippen LogP) is 0.228. The minimum absolute atomic E-state index is 0.00114. The molecule has 0 aliphatic carbocycles. The fourth-order valence-corrected chi connectivity index (χ4v) is 3.50. The highest BCUT2D eigenvalue weighted by atomic mass is 32.2. The van der Waals surface area contributed by atoms with Gasteiger partial charge in [0, 0.05) is 19.5 Å². The van der Waals surface area contributed by atoms with Crippen molar-refractivity contribution >= 4 is 27.6 Å². The first kappa shape index (κ1) is 19.3. The third-order valence-electron chi connectivity index (χ3n) is 3.30. The zero-order valence-corrected chi connectivity index (χ0v) is 14.7. The molecule has 1 amide bonds. The van der Waals surface area contributed by atoms with Crippen LogP contribution in [0.1, 0.15) is 13.8 Å². The molecule has 10 heteroatoms. The van der Waals surface area contributed by atoms with Crippen molar-refractivity contribution < 1.29 is 32.2 Å². The van der Waals surface area contributed by atoms with Crippen molar-refractivity contribution in [3.8, 4) is 0 Å². The highest BCUT2D eigenvalue weighted by Crippen LogP contribution is 2.16. The number of ether oxygens (including phenoxy) is 3. The van der Waals surface area contributed by atoms with Gasteiger partial charge in [0.2, 0.25) is 15.9 Å². The van der Waals surface area contributed by atoms with E-state index in [1.54, 1.807) is 0 Å². The van der Waals surface area contributed by atoms with Crippen LogP contribution in [0.3, 0.4) is 0 Å². The van der Waals surface area contributed by atoms with Crippen molar-refractivity contribution in [2.24, 2.45) is 0 Å². The van der Waals surface area contributed by atoms with Crippen LogP contribution < -0.4 is 10.0 Å². The average molecular weight is 372 g/mol. The Balaban J connectivity index is 2.14. The van der Waals surface area contributed by atoms with Gasteiger partial charge in [0.25, 0.3) is 0 Å². The summed E-state index contributed by atoms with van der Waals surface area (Å²) in [5.41, 5.74) is 0.482. The molecule has 1 aliphatic heterocycles. The Bertz CT molecular complexity index is 718. The molecular weight excluding hydrogens is 352 g/mol. The molecule has 2 atom stereocenters. The molecule has 1 saturated heterocycles. The second-order valence-electron chi connectivity index (χ2n) is 5.44. The van der Waals surface area contributed by atoms with E-state index in [1.165, 1.54) is 38.1 Å². The molecule has 0 unspecified atom stereocenters. The second kappa shape index (κ2) is 8.39. The van der Waals surface area contributed by atoms with Crippen molar-refractivity contribution in [2.45, 2.75) is 30.9 Å². The van der Waals surface area contributed by atoms with Crippen molar-refractivity contribution in [3.63, 3.8) is 0 Å². The van der Waals surface area contributed by atoms with E-state index < -0.39 is 28.1 Å². The Labute approximate surface area is 145 Å². The van der Waals surface area contributed by atoms with Gasteiger partial charge in [-0.05, 0) is 24.3 Å². The summed E-state index contributed by atoms with van der Waals surface area (Å²) >= 11 is 0. The number of anilines is 1. The van der Waals surface area contributed by atoms with E-state index in [9.17, 15) is 18.0 Å². The van der Waals surface area contributed by atoms with E-state index in [0.717, 1.165) is 0 Å². The average Bonchev–Trinajstić information content (AvgIpc) is 2.72. The number of amides is 1. The number of benzene rings is 1. The molecule has 0 radical (unpaired) electrons. The van der Waals surface area contributed by atoms with Gasteiger partial charge >= 0.3 is 5.97 Å². The highest BCUT2D eigenvalue weighted by Gasteiger charge is 2.31. The van der Waals surface area contributed by atoms with Crippen LogP contribution >= 0.6 is 0 Å². The van der Waals surface area contributed by atoms with Gasteiger partial charge in [-0.3, -0.25) is 9.59 Å². The van der Waals surface area contributed by atoms with E-state index in [4.69, 9.17) is 14.2 Å². The number of sulfonamides is 1. The second-order valence-corrected chi connectivity index (χ2v) is 7.15. The minimum atomic E-state index is -3.88. The first-order chi connectivity index (χ1) is 11.8. The van der Waals surface area contributed by atoms with Gasteiger partial charge in [0.15, 0.2) is 0 Å². The van der Waals surface area contributed by atoms with Gasteiger partial charge in [-0.1, -0.05) is 0 Å². The number of carbonyl (C=O) groups is 2. The highest BCUT2D eigenvalue weighted by molar-refractivity contribution is 7.89. The number of hydrogen-bond acceptors (Lipinski definition) is 7. The number of nitrogens with one attached hydrogen (secondary N) is 2. The lowest BCUT2D eigenvalue weighted by Gasteiger charge is -2.24. The lowest BCUT2D eigenvalue weighted by molar-refractivity contribution is -0.150. The summed E-state index contributed by atoms with van der Waals surface area (Å²) < 4.78 is 43.0. The monoisotopic (exact) mass is 372 g/mol. The van der Waals surface area contributed by atoms with Gasteiger partial charge < -0.3 is 19.5 Å². The van der Waals surface area contributed by atoms with Crippen molar-refractivity contribution in [2.75, 3.05) is 25.3 Å². The smallest absolute Gasteiger partial charge is 0.303 e. The first-order valence-electron chi connectivity index (χ1n) is 7.50. The largest absolute Gasteiger partial charge is 0.458 e. The third kappa shape index (κ3) is 5.78. The molecule has 0 spiro atoms. The molecular formula is C15H20N2O7S. The van der Waals surface area contributed by atoms with Gasteiger partial charge in [-0.15, -0.1) is 0 Å². The summed E-state index contributed by atoms with van der Waals surface area (Å²) in [6, 6.07) is 4.90. The lowest BCUT2D eigenvalue weighted by atomic mass is 10.2. The molecule has 0 bridgehead atoms. The fraction of sp³-hybridized carbons (Fsp3) is 0.467. The van der Waals surface area contributed by atoms with Crippen LogP contribution in [0.15, 0.2) is 29.2 Å². The summed E-state index contributed by atoms with van der Waals surface area (Å²) in [5, 5.41) is 2.55. The standard InChI is InChI=1S/C15H20N2O7S/c1-10(18)16-12-3-5-13(6-4-12)25(20,21)17-14-7-22-9-23-8-15(14)24-11(2)19/h3-6,14-15,17H,7-9H2,1-2H3,(H,16,18)/t14-,15+/m0/s1. The van der Waals surface area contributed by atoms with Gasteiger partial charge in [-0.2, -0.15) is 0 Å². The van der Waals surface area contributed by atoms with Crippen molar-refractivity contribution in [1.82, 2.24) is 4.72 Å². The fourth-order valence-electron chi connectivity index (χ4n) is 2.25. The normalized spacial score (nSPS) is 21.2. The van der Waals surface area contributed by atoms with Gasteiger partial charge in [-0.25, -0.2) is 13.1 Å². The summed E-state index contributed by atoms with van der Waals surface area (Å²) in [4.78, 5) is 22.2. The number of hydrogen-bond donors (Lipinski definition) is 2. The molecule has 0 aromatic heterocycles. The summed E-state index contributed by atoms with van der Waals surface area (Å²) in [6.45, 7) is 2.60. The maximum Gasteiger partial charge on any atom is 0.303 e. The quantitative estimate of drug-likeness (QED) is 0.710. The van der Waals surface area contributed by atoms with Crippen LogP contribution in [-0.2, 0) is 33.8 Å². The molecule has 1 aromatic carbocycles. The van der Waals surface area contributed by atoms with E-state index in [0.29, 0.717) is 5.69 Å². The molecule has 2 N–H and O–H groups in total. The molecule has 138 valence electrons. The van der Waals surface area contributed by atoms with Gasteiger partial charge in [0.05, 0.1) is 24.2 Å². The Morgan fingerprint density at radius 1 is 1.12 bits per heavy atom. The maximum absolute atomic E-state index is 12.5. The SMILES string of the molecule is CC(=O)Nc1ccc(S(=O)(=O)N[C@H]2COCOC[C@H]2OC(C)=O)cc1. The molecule has 0 saturated carbocycles. The Morgan fingerprint density at radius 2 is 1.76 bits per heavy atom. The van der Waals surface area contributed by atoms with E-state index in [-0.39, 0.29) is 30.8 Å². The van der Waals surface area contributed by atoms with Crippen molar-refractivity contribution in [1.29, 1.82) is 0 Å². The van der Waals surface area contributed by atoms with Gasteiger partial charge in [0.1, 0.15) is 12.9 Å². The van der Waals surface area contributed by atoms with Crippen molar-refractivity contribution in [3.05, 3.63) is 24.3 Å². The summed E-state index contributed by atoms with van der Waals surface area (Å²) in [5.74, 6) is -0.798. The number of esters is 1. The Morgan fingerprint density at radius 3 is 2.36 bits per heavy atom. The number of rotatable bonds is 5. The molecule has 1 fully saturated rings. The molecule has 2 rings (SSSR count). The molecule has 1 aliphatic rings. The lowest BCUT2D eigenvalue weighted by Crippen LogP contribution is -2.48. The zero-order valence-electron chi connectivity index (χ0n) is 13.9. The molecule has 1 aromatic rings. The Hall–Kier alpha value is -2.01. The van der Waals surface area contributed by atoms with Crippen LogP contribution in [0.4, 0.5) is 5.69 Å². The van der Waals surface area contributed by atoms with E-state index in [2.05, 4.69) is 10.0 Å². The van der Waals surface area contributed by atoms with E-state index >= 15 is 0 Å². The molecule has 9 nitrogen and oxygen atoms in total. The zero-order chi connectivity index (χ0) is 18.4. The Kier molecular flexibility index (Phi) is 6.48. The van der Waals surface area contributed by atoms with Crippen LogP contribution in [0, 0.1) is 0 Å². The van der Waals surface area contributed by atoms with E-state index in [1.807, 2.05) is 0 Å². The van der Waals surface area contributed by atoms with Crippen LogP contribution in [0.5, 0.6) is 0 Å². The summed E-state index contributed by atoms with van der Waals surface area (Å²) in [7, 11) is -3.88. The molecule has 25 heavy (non-hydrogen) atoms. The first-order valence-corrected chi connectivity index (χ1v) is 8.99. The predicted molar refractivity (Wildman–Crippen MR) is 87.2 cm³/mol. The van der Waals surface area contributed by atoms with Crippen LogP contribution in [0.2, 0.25) is 0 Å². The molecule has 1 heterocycles. The minimum Gasteiger partial charge on any atom is -0.458 e. The number of carbonyl (C=O) groups excluding carboxylic acids is 2. The summed E-state index contributed by atoms with van der Waals surface area (Å²) in [6.07, 6.45) is -0.798. The van der Waals surface area contributed by atoms with Crippen LogP contribution in [0.25, 0.3) is 0 Å². The topological polar surface area (TPSA) is 120 Å². The van der Waals surface area contributed by atoms with Crippen LogP contribution in [-0.4, -0.2) is 52.4 Å².